The molecule has 0 aromatic heterocycles. The van der Waals surface area contributed by atoms with Gasteiger partial charge in [0, 0.05) is 0 Å². The summed E-state index contributed by atoms with van der Waals surface area (Å²) in [4.78, 5) is 24.3. The average Bonchev–Trinajstić information content (AvgIpc) is 2.66. The number of hydrogen-bond acceptors (Lipinski definition) is 5. The summed E-state index contributed by atoms with van der Waals surface area (Å²) in [6.07, 6.45) is 0. The topological polar surface area (TPSA) is 73.9 Å². The molecule has 1 N–H and O–H groups in total. The first-order chi connectivity index (χ1) is 13.0. The minimum absolute atomic E-state index is 0.178. The summed E-state index contributed by atoms with van der Waals surface area (Å²) in [5.74, 6) is 0.0114. The van der Waals surface area contributed by atoms with Crippen molar-refractivity contribution in [2.75, 3.05) is 20.3 Å². The van der Waals surface area contributed by atoms with Crippen LogP contribution in [0, 0.1) is 6.92 Å². The monoisotopic (exact) mass is 371 g/mol. The molecule has 0 bridgehead atoms. The second-order valence-corrected chi connectivity index (χ2v) is 6.02. The van der Waals surface area contributed by atoms with Gasteiger partial charge in [0.2, 0.25) is 0 Å². The lowest BCUT2D eigenvalue weighted by Crippen LogP contribution is -2.31. The van der Waals surface area contributed by atoms with E-state index in [0.29, 0.717) is 18.1 Å². The number of hydrogen-bond donors (Lipinski definition) is 1. The van der Waals surface area contributed by atoms with E-state index in [9.17, 15) is 9.59 Å². The third kappa shape index (κ3) is 5.48. The maximum atomic E-state index is 12.2. The fourth-order valence-corrected chi connectivity index (χ4v) is 2.72. The van der Waals surface area contributed by atoms with E-state index >= 15 is 0 Å². The minimum atomic E-state index is -0.602. The van der Waals surface area contributed by atoms with E-state index in [1.807, 2.05) is 45.0 Å². The van der Waals surface area contributed by atoms with E-state index in [4.69, 9.17) is 14.2 Å². The fourth-order valence-electron chi connectivity index (χ4n) is 2.72. The Bertz CT molecular complexity index is 803. The molecule has 0 aliphatic rings. The lowest BCUT2D eigenvalue weighted by Gasteiger charge is -2.16. The highest BCUT2D eigenvalue weighted by Gasteiger charge is 2.16. The first-order valence-electron chi connectivity index (χ1n) is 8.79. The number of ether oxygens (including phenoxy) is 3. The van der Waals surface area contributed by atoms with Crippen LogP contribution in [0.4, 0.5) is 0 Å². The number of carbonyl (C=O) groups excluding carboxylic acids is 2. The van der Waals surface area contributed by atoms with Crippen LogP contribution < -0.4 is 14.8 Å². The quantitative estimate of drug-likeness (QED) is 0.720. The first kappa shape index (κ1) is 20.3. The number of carbonyl (C=O) groups is 2. The van der Waals surface area contributed by atoms with Gasteiger partial charge in [-0.1, -0.05) is 24.3 Å². The summed E-state index contributed by atoms with van der Waals surface area (Å²) in [7, 11) is 1.49. The van der Waals surface area contributed by atoms with Crippen molar-refractivity contribution in [3.8, 4) is 11.5 Å². The van der Waals surface area contributed by atoms with Crippen LogP contribution in [-0.4, -0.2) is 32.2 Å². The van der Waals surface area contributed by atoms with Crippen LogP contribution in [0.2, 0.25) is 0 Å². The van der Waals surface area contributed by atoms with E-state index in [1.165, 1.54) is 13.2 Å². The Morgan fingerprint density at radius 1 is 1.11 bits per heavy atom. The molecule has 6 nitrogen and oxygen atoms in total. The van der Waals surface area contributed by atoms with Gasteiger partial charge in [0.1, 0.15) is 0 Å². The Labute approximate surface area is 159 Å². The number of rotatable bonds is 8. The lowest BCUT2D eigenvalue weighted by molar-refractivity contribution is -0.124. The molecule has 0 saturated heterocycles. The van der Waals surface area contributed by atoms with Crippen molar-refractivity contribution in [3.63, 3.8) is 0 Å². The molecule has 0 heterocycles. The average molecular weight is 371 g/mol. The van der Waals surface area contributed by atoms with E-state index in [0.717, 1.165) is 11.1 Å². The molecule has 27 heavy (non-hydrogen) atoms. The van der Waals surface area contributed by atoms with Gasteiger partial charge in [0.05, 0.1) is 25.3 Å². The fraction of sp³-hybridized carbons (Fsp3) is 0.333. The molecule has 1 unspecified atom stereocenters. The molecule has 2 aromatic carbocycles. The molecule has 1 amide bonds. The Balaban J connectivity index is 1.93. The summed E-state index contributed by atoms with van der Waals surface area (Å²) in [5, 5.41) is 2.83. The van der Waals surface area contributed by atoms with Crippen LogP contribution in [0.3, 0.4) is 0 Å². The zero-order valence-corrected chi connectivity index (χ0v) is 16.1. The second kappa shape index (κ2) is 9.62. The SMILES string of the molecule is CCOc1ccc(C(=O)OCC(=O)NC(C)c2ccccc2C)cc1OC. The standard InChI is InChI=1S/C21H25NO5/c1-5-26-18-11-10-16(12-19(18)25-4)21(24)27-13-20(23)22-15(3)17-9-7-6-8-14(17)2/h6-12,15H,5,13H2,1-4H3,(H,22,23). The molecule has 6 heteroatoms. The van der Waals surface area contributed by atoms with Crippen molar-refractivity contribution < 1.29 is 23.8 Å². The molecule has 0 spiro atoms. The summed E-state index contributed by atoms with van der Waals surface area (Å²) < 4.78 is 15.7. The van der Waals surface area contributed by atoms with Crippen molar-refractivity contribution in [3.05, 3.63) is 59.2 Å². The van der Waals surface area contributed by atoms with Crippen LogP contribution in [0.15, 0.2) is 42.5 Å². The van der Waals surface area contributed by atoms with Crippen molar-refractivity contribution >= 4 is 11.9 Å². The Hall–Kier alpha value is -3.02. The number of nitrogens with one attached hydrogen (secondary N) is 1. The molecule has 0 saturated carbocycles. The van der Waals surface area contributed by atoms with Gasteiger partial charge < -0.3 is 19.5 Å². The van der Waals surface area contributed by atoms with Gasteiger partial charge in [-0.15, -0.1) is 0 Å². The van der Waals surface area contributed by atoms with Gasteiger partial charge in [-0.25, -0.2) is 4.79 Å². The molecule has 144 valence electrons. The van der Waals surface area contributed by atoms with Crippen LogP contribution in [0.1, 0.15) is 41.4 Å². The van der Waals surface area contributed by atoms with Crippen LogP contribution in [0.5, 0.6) is 11.5 Å². The zero-order valence-electron chi connectivity index (χ0n) is 16.1. The maximum Gasteiger partial charge on any atom is 0.338 e. The highest BCUT2D eigenvalue weighted by molar-refractivity contribution is 5.92. The predicted molar refractivity (Wildman–Crippen MR) is 102 cm³/mol. The van der Waals surface area contributed by atoms with Crippen molar-refractivity contribution in [1.82, 2.24) is 5.32 Å². The highest BCUT2D eigenvalue weighted by Crippen LogP contribution is 2.28. The Morgan fingerprint density at radius 2 is 1.85 bits per heavy atom. The van der Waals surface area contributed by atoms with Gasteiger partial charge in [-0.3, -0.25) is 4.79 Å². The van der Waals surface area contributed by atoms with Gasteiger partial charge >= 0.3 is 5.97 Å². The van der Waals surface area contributed by atoms with Crippen molar-refractivity contribution in [2.45, 2.75) is 26.8 Å². The Kier molecular flexibility index (Phi) is 7.23. The molecule has 2 rings (SSSR count). The van der Waals surface area contributed by atoms with Gasteiger partial charge in [-0.05, 0) is 50.1 Å². The van der Waals surface area contributed by atoms with Crippen LogP contribution in [-0.2, 0) is 9.53 Å². The molecule has 2 aromatic rings. The van der Waals surface area contributed by atoms with E-state index < -0.39 is 5.97 Å². The number of esters is 1. The lowest BCUT2D eigenvalue weighted by atomic mass is 10.0. The summed E-state index contributed by atoms with van der Waals surface area (Å²) in [6.45, 7) is 5.86. The summed E-state index contributed by atoms with van der Waals surface area (Å²) in [5.41, 5.74) is 2.40. The molecular weight excluding hydrogens is 346 g/mol. The van der Waals surface area contributed by atoms with Gasteiger partial charge in [0.15, 0.2) is 18.1 Å². The van der Waals surface area contributed by atoms with Crippen LogP contribution in [0.25, 0.3) is 0 Å². The molecule has 0 aliphatic carbocycles. The summed E-state index contributed by atoms with van der Waals surface area (Å²) >= 11 is 0. The van der Waals surface area contributed by atoms with E-state index in [-0.39, 0.29) is 24.1 Å². The van der Waals surface area contributed by atoms with Gasteiger partial charge in [-0.2, -0.15) is 0 Å². The smallest absolute Gasteiger partial charge is 0.338 e. The molecule has 0 fully saturated rings. The van der Waals surface area contributed by atoms with E-state index in [2.05, 4.69) is 5.32 Å². The van der Waals surface area contributed by atoms with Crippen molar-refractivity contribution in [2.24, 2.45) is 0 Å². The predicted octanol–water partition coefficient (Wildman–Crippen LogP) is 3.44. The third-order valence-electron chi connectivity index (χ3n) is 4.07. The number of benzene rings is 2. The first-order valence-corrected chi connectivity index (χ1v) is 8.79. The molecular formula is C21H25NO5. The highest BCUT2D eigenvalue weighted by atomic mass is 16.5. The summed E-state index contributed by atoms with van der Waals surface area (Å²) in [6, 6.07) is 12.4. The Morgan fingerprint density at radius 3 is 2.52 bits per heavy atom. The van der Waals surface area contributed by atoms with Crippen LogP contribution >= 0.6 is 0 Å². The second-order valence-electron chi connectivity index (χ2n) is 6.02. The molecule has 1 atom stereocenters. The number of aryl methyl sites for hydroxylation is 1. The molecule has 0 aliphatic heterocycles. The largest absolute Gasteiger partial charge is 0.493 e. The molecule has 0 radical (unpaired) electrons. The number of methoxy groups -OCH3 is 1. The minimum Gasteiger partial charge on any atom is -0.493 e. The maximum absolute atomic E-state index is 12.2. The van der Waals surface area contributed by atoms with E-state index in [1.54, 1.807) is 12.1 Å². The van der Waals surface area contributed by atoms with Crippen molar-refractivity contribution in [1.29, 1.82) is 0 Å². The van der Waals surface area contributed by atoms with Gasteiger partial charge in [0.25, 0.3) is 5.91 Å². The number of amides is 1. The normalized spacial score (nSPS) is 11.4. The zero-order chi connectivity index (χ0) is 19.8. The third-order valence-corrected chi connectivity index (χ3v) is 4.07.